The van der Waals surface area contributed by atoms with Gasteiger partial charge in [0.15, 0.2) is 0 Å². The fourth-order valence-corrected chi connectivity index (χ4v) is 3.49. The van der Waals surface area contributed by atoms with Crippen LogP contribution >= 0.6 is 11.6 Å². The second-order valence-electron chi connectivity index (χ2n) is 6.97. The van der Waals surface area contributed by atoms with Crippen LogP contribution in [0.5, 0.6) is 5.75 Å². The number of methoxy groups -OCH3 is 1. The number of aromatic nitrogens is 3. The summed E-state index contributed by atoms with van der Waals surface area (Å²) in [6.45, 7) is 0.388. The van der Waals surface area contributed by atoms with E-state index in [1.54, 1.807) is 48.8 Å². The molecule has 4 rings (SSSR count). The molecule has 0 saturated heterocycles. The smallest absolute Gasteiger partial charge is 0.319 e. The zero-order valence-electron chi connectivity index (χ0n) is 17.2. The summed E-state index contributed by atoms with van der Waals surface area (Å²) in [4.78, 5) is 29.5. The lowest BCUT2D eigenvalue weighted by atomic mass is 10.1. The van der Waals surface area contributed by atoms with E-state index in [0.29, 0.717) is 32.9 Å². The van der Waals surface area contributed by atoms with E-state index >= 15 is 0 Å². The summed E-state index contributed by atoms with van der Waals surface area (Å²) in [6, 6.07) is 15.4. The van der Waals surface area contributed by atoms with Crippen molar-refractivity contribution in [3.05, 3.63) is 93.6 Å². The van der Waals surface area contributed by atoms with Crippen LogP contribution in [0.2, 0.25) is 5.02 Å². The predicted molar refractivity (Wildman–Crippen MR) is 123 cm³/mol. The van der Waals surface area contributed by atoms with E-state index in [-0.39, 0.29) is 18.6 Å². The summed E-state index contributed by atoms with van der Waals surface area (Å²) >= 11 is 6.02. The first kappa shape index (κ1) is 21.3. The maximum atomic E-state index is 12.9. The Morgan fingerprint density at radius 3 is 2.69 bits per heavy atom. The molecule has 2 heterocycles. The third-order valence-corrected chi connectivity index (χ3v) is 5.06. The van der Waals surface area contributed by atoms with Crippen LogP contribution in [0.3, 0.4) is 0 Å². The molecule has 162 valence electrons. The van der Waals surface area contributed by atoms with Crippen LogP contribution in [0.1, 0.15) is 11.3 Å². The number of pyridine rings is 1. The normalized spacial score (nSPS) is 10.7. The number of halogens is 1. The van der Waals surface area contributed by atoms with Gasteiger partial charge in [-0.1, -0.05) is 35.9 Å². The minimum absolute atomic E-state index is 0.114. The summed E-state index contributed by atoms with van der Waals surface area (Å²) in [5, 5.41) is 11.7. The van der Waals surface area contributed by atoms with Crippen molar-refractivity contribution in [3.63, 3.8) is 0 Å². The highest BCUT2D eigenvalue weighted by Crippen LogP contribution is 2.27. The van der Waals surface area contributed by atoms with Crippen LogP contribution in [-0.4, -0.2) is 27.9 Å². The molecule has 0 bridgehead atoms. The quantitative estimate of drug-likeness (QED) is 0.466. The number of nitrogens with zero attached hydrogens (tertiary/aromatic N) is 3. The van der Waals surface area contributed by atoms with E-state index in [0.717, 1.165) is 5.56 Å². The number of anilines is 1. The molecule has 0 atom stereocenters. The van der Waals surface area contributed by atoms with E-state index < -0.39 is 6.03 Å². The van der Waals surface area contributed by atoms with Gasteiger partial charge in [-0.25, -0.2) is 9.48 Å². The van der Waals surface area contributed by atoms with E-state index in [2.05, 4.69) is 20.7 Å². The minimum Gasteiger partial charge on any atom is -0.495 e. The van der Waals surface area contributed by atoms with Gasteiger partial charge in [-0.05, 0) is 35.9 Å². The van der Waals surface area contributed by atoms with Gasteiger partial charge < -0.3 is 15.4 Å². The van der Waals surface area contributed by atoms with Crippen LogP contribution in [0, 0.1) is 0 Å². The second kappa shape index (κ2) is 9.49. The third kappa shape index (κ3) is 4.70. The first-order chi connectivity index (χ1) is 15.5. The highest BCUT2D eigenvalue weighted by molar-refractivity contribution is 6.31. The lowest BCUT2D eigenvalue weighted by molar-refractivity contribution is 0.251. The molecule has 9 heteroatoms. The zero-order chi connectivity index (χ0) is 22.5. The number of rotatable bonds is 6. The number of benzene rings is 2. The third-order valence-electron chi connectivity index (χ3n) is 4.83. The predicted octanol–water partition coefficient (Wildman–Crippen LogP) is 3.82. The number of amides is 2. The Morgan fingerprint density at radius 2 is 1.94 bits per heavy atom. The monoisotopic (exact) mass is 449 g/mol. The molecule has 4 aromatic rings. The van der Waals surface area contributed by atoms with Gasteiger partial charge >= 0.3 is 6.03 Å². The van der Waals surface area contributed by atoms with Crippen molar-refractivity contribution < 1.29 is 9.53 Å². The topological polar surface area (TPSA) is 98.1 Å². The SMILES string of the molecule is COc1ccc(Cl)cc1NC(=O)NCc1nn(Cc2cccnc2)c(=O)c2ccccc12. The minimum atomic E-state index is -0.457. The lowest BCUT2D eigenvalue weighted by Gasteiger charge is -2.13. The first-order valence-electron chi connectivity index (χ1n) is 9.81. The molecule has 2 aromatic carbocycles. The van der Waals surface area contributed by atoms with Crippen LogP contribution in [0.4, 0.5) is 10.5 Å². The van der Waals surface area contributed by atoms with Gasteiger partial charge in [-0.3, -0.25) is 9.78 Å². The molecular formula is C23H20ClN5O3. The van der Waals surface area contributed by atoms with E-state index in [9.17, 15) is 9.59 Å². The van der Waals surface area contributed by atoms with Crippen molar-refractivity contribution in [3.8, 4) is 5.75 Å². The summed E-state index contributed by atoms with van der Waals surface area (Å²) in [5.41, 5.74) is 1.65. The molecule has 0 radical (unpaired) electrons. The molecule has 0 aliphatic rings. The average Bonchev–Trinajstić information content (AvgIpc) is 2.81. The molecule has 0 fully saturated rings. The summed E-state index contributed by atoms with van der Waals surface area (Å²) in [7, 11) is 1.51. The molecule has 8 nitrogen and oxygen atoms in total. The van der Waals surface area contributed by atoms with Crippen LogP contribution in [0.25, 0.3) is 10.8 Å². The Labute approximate surface area is 188 Å². The molecule has 2 amide bonds. The molecule has 0 spiro atoms. The maximum Gasteiger partial charge on any atom is 0.319 e. The maximum absolute atomic E-state index is 12.9. The molecule has 0 saturated carbocycles. The Bertz CT molecular complexity index is 1320. The van der Waals surface area contributed by atoms with Crippen molar-refractivity contribution in [1.29, 1.82) is 0 Å². The Hall–Kier alpha value is -3.91. The number of ether oxygens (including phenoxy) is 1. The molecular weight excluding hydrogens is 430 g/mol. The Balaban J connectivity index is 1.58. The van der Waals surface area contributed by atoms with Gasteiger partial charge in [-0.2, -0.15) is 5.10 Å². The van der Waals surface area contributed by atoms with Crippen molar-refractivity contribution in [2.45, 2.75) is 13.1 Å². The fraction of sp³-hybridized carbons (Fsp3) is 0.130. The average molecular weight is 450 g/mol. The van der Waals surface area contributed by atoms with Gasteiger partial charge in [0.25, 0.3) is 5.56 Å². The standard InChI is InChI=1S/C23H20ClN5O3/c1-32-21-9-8-16(24)11-19(21)27-23(31)26-13-20-17-6-2-3-7-18(17)22(30)29(28-20)14-15-5-4-10-25-12-15/h2-12H,13-14H2,1H3,(H2,26,27,31). The second-order valence-corrected chi connectivity index (χ2v) is 7.41. The van der Waals surface area contributed by atoms with E-state index in [4.69, 9.17) is 16.3 Å². The summed E-state index contributed by atoms with van der Waals surface area (Å²) < 4.78 is 6.63. The number of carbonyl (C=O) groups excluding carboxylic acids is 1. The molecule has 32 heavy (non-hydrogen) atoms. The fourth-order valence-electron chi connectivity index (χ4n) is 3.32. The number of fused-ring (bicyclic) bond motifs is 1. The van der Waals surface area contributed by atoms with Gasteiger partial charge in [-0.15, -0.1) is 0 Å². The summed E-state index contributed by atoms with van der Waals surface area (Å²) in [5.74, 6) is 0.484. The number of nitrogens with one attached hydrogen (secondary N) is 2. The summed E-state index contributed by atoms with van der Waals surface area (Å²) in [6.07, 6.45) is 3.36. The Kier molecular flexibility index (Phi) is 6.32. The number of urea groups is 1. The van der Waals surface area contributed by atoms with E-state index in [1.165, 1.54) is 11.8 Å². The van der Waals surface area contributed by atoms with Gasteiger partial charge in [0.1, 0.15) is 5.75 Å². The molecule has 2 aromatic heterocycles. The van der Waals surface area contributed by atoms with Crippen LogP contribution in [-0.2, 0) is 13.1 Å². The van der Waals surface area contributed by atoms with Crippen molar-refractivity contribution in [2.24, 2.45) is 0 Å². The highest BCUT2D eigenvalue weighted by atomic mass is 35.5. The van der Waals surface area contributed by atoms with E-state index in [1.807, 2.05) is 18.2 Å². The van der Waals surface area contributed by atoms with Crippen LogP contribution in [0.15, 0.2) is 71.8 Å². The van der Waals surface area contributed by atoms with Crippen molar-refractivity contribution in [2.75, 3.05) is 12.4 Å². The van der Waals surface area contributed by atoms with Crippen LogP contribution < -0.4 is 20.9 Å². The van der Waals surface area contributed by atoms with Gasteiger partial charge in [0.05, 0.1) is 37.0 Å². The Morgan fingerprint density at radius 1 is 1.12 bits per heavy atom. The molecule has 0 aliphatic heterocycles. The molecule has 0 unspecified atom stereocenters. The number of carbonyl (C=O) groups is 1. The molecule has 2 N–H and O–H groups in total. The highest BCUT2D eigenvalue weighted by Gasteiger charge is 2.13. The lowest BCUT2D eigenvalue weighted by Crippen LogP contribution is -2.31. The van der Waals surface area contributed by atoms with Crippen molar-refractivity contribution >= 4 is 34.1 Å². The van der Waals surface area contributed by atoms with Gasteiger partial charge in [0.2, 0.25) is 0 Å². The zero-order valence-corrected chi connectivity index (χ0v) is 18.0. The van der Waals surface area contributed by atoms with Crippen molar-refractivity contribution in [1.82, 2.24) is 20.1 Å². The number of hydrogen-bond donors (Lipinski definition) is 2. The van der Waals surface area contributed by atoms with Gasteiger partial charge in [0, 0.05) is 22.8 Å². The molecule has 0 aliphatic carbocycles. The number of hydrogen-bond acceptors (Lipinski definition) is 5. The largest absolute Gasteiger partial charge is 0.495 e. The first-order valence-corrected chi connectivity index (χ1v) is 10.2.